The maximum Gasteiger partial charge on any atom is 0.407 e. The Balaban J connectivity index is 1.47. The van der Waals surface area contributed by atoms with E-state index in [1.807, 2.05) is 72.8 Å². The first-order chi connectivity index (χ1) is 23.9. The molecule has 0 radical (unpaired) electrons. The zero-order valence-corrected chi connectivity index (χ0v) is 29.2. The number of nitrogens with zero attached hydrogens (tertiary/aromatic N) is 2. The fourth-order valence-electron chi connectivity index (χ4n) is 5.70. The van der Waals surface area contributed by atoms with E-state index in [2.05, 4.69) is 53.8 Å². The molecule has 0 aliphatic rings. The molecule has 3 amide bonds. The first-order valence-corrected chi connectivity index (χ1v) is 17.7. The molecular formula is C40H51N5O4. The molecule has 4 aromatic rings. The topological polar surface area (TPSA) is 113 Å². The van der Waals surface area contributed by atoms with Crippen molar-refractivity contribution >= 4 is 28.8 Å². The standard InChI is InChI=1S/C40H51N5O4/c1-4-7-16-30-22-23-35-33(27-30)34(28-37(43-35)32-19-12-9-13-20-32)38(46)44-36(39(47)41-25-26-45(5-2)6-3)21-14-15-24-42-40(48)49-29-31-17-10-8-11-18-31/h8-13,17-20,22-23,27-28,36H,4-7,14-16,21,24-26,29H2,1-3H3,(H,41,47)(H,42,48)(H,44,46). The van der Waals surface area contributed by atoms with Crippen molar-refractivity contribution in [1.29, 1.82) is 0 Å². The van der Waals surface area contributed by atoms with Gasteiger partial charge in [0, 0.05) is 30.6 Å². The minimum absolute atomic E-state index is 0.199. The van der Waals surface area contributed by atoms with Crippen molar-refractivity contribution in [2.24, 2.45) is 0 Å². The Labute approximate surface area is 290 Å². The first-order valence-electron chi connectivity index (χ1n) is 17.7. The van der Waals surface area contributed by atoms with Crippen molar-refractivity contribution in [2.45, 2.75) is 71.9 Å². The van der Waals surface area contributed by atoms with Crippen LogP contribution in [0.5, 0.6) is 0 Å². The van der Waals surface area contributed by atoms with Crippen LogP contribution in [0.3, 0.4) is 0 Å². The molecule has 0 saturated heterocycles. The van der Waals surface area contributed by atoms with E-state index < -0.39 is 12.1 Å². The lowest BCUT2D eigenvalue weighted by Crippen LogP contribution is -2.48. The Morgan fingerprint density at radius 2 is 1.53 bits per heavy atom. The number of benzene rings is 3. The quantitative estimate of drug-likeness (QED) is 0.0940. The summed E-state index contributed by atoms with van der Waals surface area (Å²) in [6.07, 6.45) is 4.21. The summed E-state index contributed by atoms with van der Waals surface area (Å²) in [7, 11) is 0. The summed E-state index contributed by atoms with van der Waals surface area (Å²) in [4.78, 5) is 47.0. The molecule has 3 aromatic carbocycles. The van der Waals surface area contributed by atoms with Gasteiger partial charge in [-0.15, -0.1) is 0 Å². The van der Waals surface area contributed by atoms with Gasteiger partial charge in [-0.05, 0) is 74.5 Å². The molecule has 1 atom stereocenters. The highest BCUT2D eigenvalue weighted by Gasteiger charge is 2.23. The van der Waals surface area contributed by atoms with E-state index in [1.54, 1.807) is 0 Å². The van der Waals surface area contributed by atoms with E-state index >= 15 is 0 Å². The molecule has 1 heterocycles. The fraction of sp³-hybridized carbons (Fsp3) is 0.400. The van der Waals surface area contributed by atoms with E-state index in [-0.39, 0.29) is 18.4 Å². The lowest BCUT2D eigenvalue weighted by Gasteiger charge is -2.22. The molecule has 0 fully saturated rings. The molecule has 9 heteroatoms. The van der Waals surface area contributed by atoms with Crippen LogP contribution in [0.15, 0.2) is 84.9 Å². The van der Waals surface area contributed by atoms with Gasteiger partial charge >= 0.3 is 6.09 Å². The van der Waals surface area contributed by atoms with Crippen LogP contribution in [0.1, 0.15) is 74.4 Å². The van der Waals surface area contributed by atoms with Crippen LogP contribution in [0, 0.1) is 0 Å². The number of carbonyl (C=O) groups excluding carboxylic acids is 3. The van der Waals surface area contributed by atoms with Crippen molar-refractivity contribution in [2.75, 3.05) is 32.7 Å². The Morgan fingerprint density at radius 3 is 2.24 bits per heavy atom. The third-order valence-electron chi connectivity index (χ3n) is 8.65. The fourth-order valence-corrected chi connectivity index (χ4v) is 5.70. The molecule has 49 heavy (non-hydrogen) atoms. The number of aromatic nitrogens is 1. The second-order valence-electron chi connectivity index (χ2n) is 12.2. The number of aryl methyl sites for hydroxylation is 1. The smallest absolute Gasteiger partial charge is 0.407 e. The summed E-state index contributed by atoms with van der Waals surface area (Å²) < 4.78 is 5.30. The molecular weight excluding hydrogens is 614 g/mol. The third-order valence-corrected chi connectivity index (χ3v) is 8.65. The second-order valence-corrected chi connectivity index (χ2v) is 12.2. The predicted octanol–water partition coefficient (Wildman–Crippen LogP) is 6.90. The zero-order chi connectivity index (χ0) is 34.8. The third kappa shape index (κ3) is 11.7. The molecule has 1 aromatic heterocycles. The lowest BCUT2D eigenvalue weighted by molar-refractivity contribution is -0.123. The van der Waals surface area contributed by atoms with Gasteiger partial charge in [-0.2, -0.15) is 0 Å². The summed E-state index contributed by atoms with van der Waals surface area (Å²) in [5.41, 5.74) is 4.90. The van der Waals surface area contributed by atoms with Gasteiger partial charge in [0.05, 0.1) is 16.8 Å². The van der Waals surface area contributed by atoms with Gasteiger partial charge in [-0.3, -0.25) is 9.59 Å². The van der Waals surface area contributed by atoms with Crippen LogP contribution >= 0.6 is 0 Å². The average Bonchev–Trinajstić information content (AvgIpc) is 3.14. The van der Waals surface area contributed by atoms with Crippen LogP contribution in [0.4, 0.5) is 4.79 Å². The molecule has 4 rings (SSSR count). The van der Waals surface area contributed by atoms with E-state index in [4.69, 9.17) is 9.72 Å². The SMILES string of the molecule is CCCCc1ccc2nc(-c3ccccc3)cc(C(=O)NC(CCCCNC(=O)OCc3ccccc3)C(=O)NCCN(CC)CC)c2c1. The van der Waals surface area contributed by atoms with Gasteiger partial charge in [-0.1, -0.05) is 93.9 Å². The van der Waals surface area contributed by atoms with E-state index in [9.17, 15) is 14.4 Å². The summed E-state index contributed by atoms with van der Waals surface area (Å²) in [6.45, 7) is 9.95. The number of nitrogens with one attached hydrogen (secondary N) is 3. The summed E-state index contributed by atoms with van der Waals surface area (Å²) in [6, 6.07) is 26.5. The van der Waals surface area contributed by atoms with Crippen LogP contribution in [0.2, 0.25) is 0 Å². The monoisotopic (exact) mass is 665 g/mol. The number of unbranched alkanes of at least 4 members (excludes halogenated alkanes) is 2. The van der Waals surface area contributed by atoms with Gasteiger partial charge in [0.15, 0.2) is 0 Å². The number of alkyl carbamates (subject to hydrolysis) is 1. The molecule has 1 unspecified atom stereocenters. The second kappa shape index (κ2) is 19.9. The minimum Gasteiger partial charge on any atom is -0.445 e. The van der Waals surface area contributed by atoms with Crippen molar-refractivity contribution in [3.63, 3.8) is 0 Å². The van der Waals surface area contributed by atoms with Crippen molar-refractivity contribution in [3.05, 3.63) is 102 Å². The molecule has 260 valence electrons. The Morgan fingerprint density at radius 1 is 0.796 bits per heavy atom. The number of pyridine rings is 1. The Kier molecular flexibility index (Phi) is 15.1. The highest BCUT2D eigenvalue weighted by Crippen LogP contribution is 2.26. The van der Waals surface area contributed by atoms with E-state index in [0.717, 1.165) is 66.5 Å². The van der Waals surface area contributed by atoms with Gasteiger partial charge in [-0.25, -0.2) is 9.78 Å². The lowest BCUT2D eigenvalue weighted by atomic mass is 9.99. The normalized spacial score (nSPS) is 11.7. The number of hydrogen-bond acceptors (Lipinski definition) is 6. The summed E-state index contributed by atoms with van der Waals surface area (Å²) >= 11 is 0. The average molecular weight is 666 g/mol. The molecule has 0 aliphatic heterocycles. The number of likely N-dealkylation sites (N-methyl/N-ethyl adjacent to an activating group) is 1. The number of hydrogen-bond donors (Lipinski definition) is 3. The van der Waals surface area contributed by atoms with Crippen molar-refractivity contribution in [1.82, 2.24) is 25.8 Å². The van der Waals surface area contributed by atoms with E-state index in [1.165, 1.54) is 0 Å². The van der Waals surface area contributed by atoms with Gasteiger partial charge in [0.1, 0.15) is 12.6 Å². The maximum absolute atomic E-state index is 14.1. The highest BCUT2D eigenvalue weighted by atomic mass is 16.5. The summed E-state index contributed by atoms with van der Waals surface area (Å²) in [5, 5.41) is 9.66. The number of ether oxygens (including phenoxy) is 1. The molecule has 0 aliphatic carbocycles. The molecule has 0 spiro atoms. The Hall–Kier alpha value is -4.76. The van der Waals surface area contributed by atoms with Crippen LogP contribution in [-0.4, -0.2) is 66.6 Å². The molecule has 9 nitrogen and oxygen atoms in total. The predicted molar refractivity (Wildman–Crippen MR) is 196 cm³/mol. The summed E-state index contributed by atoms with van der Waals surface area (Å²) in [5.74, 6) is -0.537. The molecule has 3 N–H and O–H groups in total. The van der Waals surface area contributed by atoms with Crippen LogP contribution in [0.25, 0.3) is 22.2 Å². The molecule has 0 saturated carbocycles. The van der Waals surface area contributed by atoms with Gasteiger partial charge in [0.25, 0.3) is 5.91 Å². The van der Waals surface area contributed by atoms with Crippen molar-refractivity contribution in [3.8, 4) is 11.3 Å². The Bertz CT molecular complexity index is 1630. The van der Waals surface area contributed by atoms with Crippen LogP contribution in [-0.2, 0) is 22.6 Å². The highest BCUT2D eigenvalue weighted by molar-refractivity contribution is 6.08. The largest absolute Gasteiger partial charge is 0.445 e. The first kappa shape index (κ1) is 37.1. The number of fused-ring (bicyclic) bond motifs is 1. The maximum atomic E-state index is 14.1. The van der Waals surface area contributed by atoms with Gasteiger partial charge < -0.3 is 25.6 Å². The van der Waals surface area contributed by atoms with Crippen LogP contribution < -0.4 is 16.0 Å². The number of amides is 3. The van der Waals surface area contributed by atoms with Gasteiger partial charge in [0.2, 0.25) is 5.91 Å². The molecule has 0 bridgehead atoms. The van der Waals surface area contributed by atoms with Crippen molar-refractivity contribution < 1.29 is 19.1 Å². The zero-order valence-electron chi connectivity index (χ0n) is 29.2. The number of carbonyl (C=O) groups is 3. The van der Waals surface area contributed by atoms with E-state index in [0.29, 0.717) is 43.6 Å². The minimum atomic E-state index is -0.749. The number of rotatable bonds is 19.